The van der Waals surface area contributed by atoms with Crippen LogP contribution in [0.3, 0.4) is 0 Å². The number of pyridine rings is 1. The standard InChI is InChI=1S/C33H32N6O3/c1-20-17-23(18-21(2)42-20)13-14-24-9-7-10-25-19-27(39(33(41)28(24)25)26-11-5-4-6-12-26)22(3)36-32(40)29-30(34)37-38-16-8-15-35-31(29)38/h4-12,15-16,19-23H,17-18H2,1-3H3,(H2,34,37)(H,36,40)/t20?,21?,22-,23?/m0/s1. The molecule has 2 aromatic carbocycles. The molecule has 6 rings (SSSR count). The van der Waals surface area contributed by atoms with E-state index in [0.29, 0.717) is 28.0 Å². The Morgan fingerprint density at radius 3 is 2.62 bits per heavy atom. The Kier molecular flexibility index (Phi) is 7.23. The molecule has 0 spiro atoms. The van der Waals surface area contributed by atoms with Crippen LogP contribution in [0.1, 0.15) is 61.3 Å². The average molecular weight is 561 g/mol. The van der Waals surface area contributed by atoms with Crippen LogP contribution >= 0.6 is 0 Å². The first-order valence-corrected chi connectivity index (χ1v) is 14.1. The monoisotopic (exact) mass is 560 g/mol. The topological polar surface area (TPSA) is 117 Å². The Bertz CT molecular complexity index is 1910. The molecule has 4 heterocycles. The van der Waals surface area contributed by atoms with Crippen molar-refractivity contribution in [1.82, 2.24) is 24.5 Å². The first kappa shape index (κ1) is 27.2. The maximum atomic E-state index is 14.3. The van der Waals surface area contributed by atoms with Gasteiger partial charge in [0, 0.05) is 35.3 Å². The number of anilines is 1. The Balaban J connectivity index is 1.43. The number of fused-ring (bicyclic) bond motifs is 2. The first-order chi connectivity index (χ1) is 20.3. The SMILES string of the molecule is CC1CC(C#Cc2cccc3cc([C@H](C)NC(=O)c4c(N)nn5cccnc45)n(-c4ccccc4)c(=O)c23)CC(C)O1. The van der Waals surface area contributed by atoms with E-state index >= 15 is 0 Å². The molecule has 0 aliphatic carbocycles. The molecule has 3 atom stereocenters. The third kappa shape index (κ3) is 5.13. The Hall–Kier alpha value is -4.94. The molecule has 5 aromatic rings. The second kappa shape index (κ2) is 11.1. The number of para-hydroxylation sites is 1. The Morgan fingerprint density at radius 2 is 1.86 bits per heavy atom. The smallest absolute Gasteiger partial charge is 0.264 e. The minimum absolute atomic E-state index is 0.0777. The van der Waals surface area contributed by atoms with E-state index in [1.54, 1.807) is 23.0 Å². The van der Waals surface area contributed by atoms with Gasteiger partial charge in [0.05, 0.1) is 23.6 Å². The normalized spacial score (nSPS) is 19.3. The second-order valence-corrected chi connectivity index (χ2v) is 10.9. The number of ether oxygens (including phenoxy) is 1. The highest BCUT2D eigenvalue weighted by Gasteiger charge is 2.25. The van der Waals surface area contributed by atoms with Crippen molar-refractivity contribution >= 4 is 28.1 Å². The summed E-state index contributed by atoms with van der Waals surface area (Å²) in [6, 6.07) is 18.2. The molecule has 1 aliphatic rings. The molecule has 9 nitrogen and oxygen atoms in total. The van der Waals surface area contributed by atoms with Gasteiger partial charge in [-0.15, -0.1) is 5.10 Å². The van der Waals surface area contributed by atoms with Crippen molar-refractivity contribution in [3.8, 4) is 17.5 Å². The number of amides is 1. The van der Waals surface area contributed by atoms with E-state index in [4.69, 9.17) is 10.5 Å². The van der Waals surface area contributed by atoms with E-state index in [0.717, 1.165) is 18.2 Å². The van der Waals surface area contributed by atoms with Gasteiger partial charge in [-0.05, 0) is 69.3 Å². The lowest BCUT2D eigenvalue weighted by Gasteiger charge is -2.29. The highest BCUT2D eigenvalue weighted by Crippen LogP contribution is 2.26. The third-order valence-corrected chi connectivity index (χ3v) is 7.64. The second-order valence-electron chi connectivity index (χ2n) is 10.9. The molecule has 212 valence electrons. The minimum atomic E-state index is -0.562. The maximum Gasteiger partial charge on any atom is 0.264 e. The van der Waals surface area contributed by atoms with E-state index in [-0.39, 0.29) is 35.1 Å². The van der Waals surface area contributed by atoms with Gasteiger partial charge in [-0.2, -0.15) is 0 Å². The first-order valence-electron chi connectivity index (χ1n) is 14.1. The maximum absolute atomic E-state index is 14.3. The van der Waals surface area contributed by atoms with E-state index in [1.807, 2.05) is 61.5 Å². The summed E-state index contributed by atoms with van der Waals surface area (Å²) in [4.78, 5) is 32.0. The number of nitrogens with two attached hydrogens (primary N) is 1. The van der Waals surface area contributed by atoms with E-state index in [1.165, 1.54) is 4.52 Å². The van der Waals surface area contributed by atoms with Gasteiger partial charge in [0.2, 0.25) is 0 Å². The largest absolute Gasteiger partial charge is 0.381 e. The summed E-state index contributed by atoms with van der Waals surface area (Å²) < 4.78 is 8.99. The highest BCUT2D eigenvalue weighted by atomic mass is 16.5. The number of nitrogen functional groups attached to an aromatic ring is 1. The molecule has 3 aromatic heterocycles. The lowest BCUT2D eigenvalue weighted by Crippen LogP contribution is -2.32. The summed E-state index contributed by atoms with van der Waals surface area (Å²) in [6.07, 6.45) is 5.30. The minimum Gasteiger partial charge on any atom is -0.381 e. The molecule has 42 heavy (non-hydrogen) atoms. The van der Waals surface area contributed by atoms with Crippen LogP contribution in [0.5, 0.6) is 0 Å². The number of hydrogen-bond donors (Lipinski definition) is 2. The molecule has 0 bridgehead atoms. The summed E-state index contributed by atoms with van der Waals surface area (Å²) in [6.45, 7) is 5.98. The van der Waals surface area contributed by atoms with Crippen molar-refractivity contribution in [1.29, 1.82) is 0 Å². The molecule has 1 aliphatic heterocycles. The van der Waals surface area contributed by atoms with E-state index in [9.17, 15) is 9.59 Å². The number of hydrogen-bond acceptors (Lipinski definition) is 6. The molecule has 9 heteroatoms. The molecular formula is C33H32N6O3. The highest BCUT2D eigenvalue weighted by molar-refractivity contribution is 6.04. The van der Waals surface area contributed by atoms with Gasteiger partial charge in [-0.1, -0.05) is 42.2 Å². The van der Waals surface area contributed by atoms with Gasteiger partial charge in [-0.3, -0.25) is 14.2 Å². The van der Waals surface area contributed by atoms with Gasteiger partial charge in [0.15, 0.2) is 11.5 Å². The third-order valence-electron chi connectivity index (χ3n) is 7.64. The molecule has 0 saturated carbocycles. The van der Waals surface area contributed by atoms with Crippen molar-refractivity contribution < 1.29 is 9.53 Å². The Morgan fingerprint density at radius 1 is 1.10 bits per heavy atom. The predicted octanol–water partition coefficient (Wildman–Crippen LogP) is 4.66. The van der Waals surface area contributed by atoms with Crippen molar-refractivity contribution in [2.75, 3.05) is 5.73 Å². The van der Waals surface area contributed by atoms with Gasteiger partial charge < -0.3 is 15.8 Å². The quantitative estimate of drug-likeness (QED) is 0.309. The fourth-order valence-electron chi connectivity index (χ4n) is 5.82. The summed E-state index contributed by atoms with van der Waals surface area (Å²) in [5.74, 6) is 6.59. The zero-order valence-corrected chi connectivity index (χ0v) is 23.7. The zero-order valence-electron chi connectivity index (χ0n) is 23.7. The predicted molar refractivity (Wildman–Crippen MR) is 162 cm³/mol. The fourth-order valence-corrected chi connectivity index (χ4v) is 5.82. The number of nitrogens with zero attached hydrogens (tertiary/aromatic N) is 4. The molecule has 3 N–H and O–H groups in total. The summed E-state index contributed by atoms with van der Waals surface area (Å²) in [5, 5.41) is 8.51. The van der Waals surface area contributed by atoms with Crippen molar-refractivity contribution in [3.05, 3.63) is 100 Å². The zero-order chi connectivity index (χ0) is 29.4. The van der Waals surface area contributed by atoms with Gasteiger partial charge >= 0.3 is 0 Å². The van der Waals surface area contributed by atoms with Crippen LogP contribution in [-0.4, -0.2) is 37.3 Å². The number of rotatable bonds is 4. The Labute approximate surface area is 243 Å². The van der Waals surface area contributed by atoms with Gasteiger partial charge in [0.25, 0.3) is 11.5 Å². The lowest BCUT2D eigenvalue weighted by molar-refractivity contribution is -0.0419. The molecular weight excluding hydrogens is 528 g/mol. The molecule has 1 fully saturated rings. The van der Waals surface area contributed by atoms with Crippen LogP contribution in [0, 0.1) is 17.8 Å². The summed E-state index contributed by atoms with van der Waals surface area (Å²) in [7, 11) is 0. The molecule has 0 radical (unpaired) electrons. The summed E-state index contributed by atoms with van der Waals surface area (Å²) in [5.41, 5.74) is 8.42. The lowest BCUT2D eigenvalue weighted by atomic mass is 9.92. The van der Waals surface area contributed by atoms with Crippen molar-refractivity contribution in [2.24, 2.45) is 5.92 Å². The molecule has 2 unspecified atom stereocenters. The van der Waals surface area contributed by atoms with Crippen LogP contribution in [0.2, 0.25) is 0 Å². The van der Waals surface area contributed by atoms with Crippen LogP contribution in [0.4, 0.5) is 5.82 Å². The number of aromatic nitrogens is 4. The van der Waals surface area contributed by atoms with Crippen LogP contribution in [0.15, 0.2) is 77.9 Å². The van der Waals surface area contributed by atoms with E-state index in [2.05, 4.69) is 41.1 Å². The average Bonchev–Trinajstić information content (AvgIpc) is 3.31. The van der Waals surface area contributed by atoms with Gasteiger partial charge in [-0.25, -0.2) is 9.50 Å². The number of carbonyl (C=O) groups is 1. The van der Waals surface area contributed by atoms with E-state index < -0.39 is 11.9 Å². The van der Waals surface area contributed by atoms with Gasteiger partial charge in [0.1, 0.15) is 5.56 Å². The molecule has 1 amide bonds. The number of carbonyl (C=O) groups excluding carboxylic acids is 1. The van der Waals surface area contributed by atoms with Crippen molar-refractivity contribution in [3.63, 3.8) is 0 Å². The number of benzene rings is 2. The van der Waals surface area contributed by atoms with Crippen LogP contribution in [-0.2, 0) is 4.74 Å². The van der Waals surface area contributed by atoms with Crippen LogP contribution in [0.25, 0.3) is 22.1 Å². The molecule has 1 saturated heterocycles. The fraction of sp³-hybridized carbons (Fsp3) is 0.273. The number of nitrogens with one attached hydrogen (secondary N) is 1. The van der Waals surface area contributed by atoms with Crippen molar-refractivity contribution in [2.45, 2.75) is 51.9 Å². The van der Waals surface area contributed by atoms with Crippen LogP contribution < -0.4 is 16.6 Å². The summed E-state index contributed by atoms with van der Waals surface area (Å²) >= 11 is 0.